The molecule has 0 saturated heterocycles. The van der Waals surface area contributed by atoms with Gasteiger partial charge >= 0.3 is 0 Å². The van der Waals surface area contributed by atoms with Crippen molar-refractivity contribution in [1.82, 2.24) is 5.32 Å². The SMILES string of the molecule is O=C(N[C@@H]1C[C@@H]2CC[C@@H]1C2)c1ccc(CSc2ccccc2)cc1. The van der Waals surface area contributed by atoms with Gasteiger partial charge in [0.25, 0.3) is 5.91 Å². The van der Waals surface area contributed by atoms with E-state index in [2.05, 4.69) is 41.7 Å². The van der Waals surface area contributed by atoms with E-state index in [1.165, 1.54) is 36.1 Å². The van der Waals surface area contributed by atoms with Gasteiger partial charge in [0, 0.05) is 22.3 Å². The fraction of sp³-hybridized carbons (Fsp3) is 0.381. The molecule has 4 rings (SSSR count). The van der Waals surface area contributed by atoms with Gasteiger partial charge in [-0.1, -0.05) is 36.8 Å². The molecule has 2 aromatic rings. The minimum atomic E-state index is 0.0924. The Kier molecular flexibility index (Phi) is 4.61. The van der Waals surface area contributed by atoms with E-state index in [0.29, 0.717) is 6.04 Å². The number of rotatable bonds is 5. The molecule has 2 aromatic carbocycles. The molecule has 0 aliphatic heterocycles. The van der Waals surface area contributed by atoms with Crippen molar-refractivity contribution in [2.45, 2.75) is 42.4 Å². The van der Waals surface area contributed by atoms with E-state index in [1.54, 1.807) is 0 Å². The largest absolute Gasteiger partial charge is 0.349 e. The summed E-state index contributed by atoms with van der Waals surface area (Å²) in [5.74, 6) is 2.60. The van der Waals surface area contributed by atoms with Gasteiger partial charge in [-0.25, -0.2) is 0 Å². The first-order chi connectivity index (χ1) is 11.8. The zero-order valence-corrected chi connectivity index (χ0v) is 14.6. The van der Waals surface area contributed by atoms with E-state index < -0.39 is 0 Å². The van der Waals surface area contributed by atoms with Crippen LogP contribution in [0.15, 0.2) is 59.5 Å². The molecule has 0 heterocycles. The van der Waals surface area contributed by atoms with Crippen LogP contribution in [0.3, 0.4) is 0 Å². The summed E-state index contributed by atoms with van der Waals surface area (Å²) >= 11 is 1.82. The Bertz CT molecular complexity index is 698. The maximum atomic E-state index is 12.5. The van der Waals surface area contributed by atoms with Gasteiger partial charge in [0.1, 0.15) is 0 Å². The Balaban J connectivity index is 1.32. The molecular formula is C21H23NOS. The van der Waals surface area contributed by atoms with E-state index in [-0.39, 0.29) is 5.91 Å². The number of amides is 1. The predicted octanol–water partition coefficient (Wildman–Crippen LogP) is 4.90. The zero-order valence-electron chi connectivity index (χ0n) is 13.8. The van der Waals surface area contributed by atoms with Gasteiger partial charge in [-0.05, 0) is 60.9 Å². The van der Waals surface area contributed by atoms with Gasteiger partial charge in [-0.15, -0.1) is 11.8 Å². The maximum absolute atomic E-state index is 12.5. The lowest BCUT2D eigenvalue weighted by molar-refractivity contribution is 0.0923. The molecule has 2 fully saturated rings. The summed E-state index contributed by atoms with van der Waals surface area (Å²) in [4.78, 5) is 13.7. The lowest BCUT2D eigenvalue weighted by Crippen LogP contribution is -2.38. The first-order valence-electron chi connectivity index (χ1n) is 8.85. The van der Waals surface area contributed by atoms with Crippen molar-refractivity contribution in [2.24, 2.45) is 11.8 Å². The fourth-order valence-corrected chi connectivity index (χ4v) is 4.98. The van der Waals surface area contributed by atoms with Crippen molar-refractivity contribution in [2.75, 3.05) is 0 Å². The van der Waals surface area contributed by atoms with Gasteiger partial charge in [-0.2, -0.15) is 0 Å². The second-order valence-corrected chi connectivity index (χ2v) is 8.10. The van der Waals surface area contributed by atoms with Crippen LogP contribution >= 0.6 is 11.8 Å². The number of fused-ring (bicyclic) bond motifs is 2. The van der Waals surface area contributed by atoms with Gasteiger partial charge in [0.2, 0.25) is 0 Å². The molecule has 3 heteroatoms. The van der Waals surface area contributed by atoms with Gasteiger partial charge in [0.05, 0.1) is 0 Å². The monoisotopic (exact) mass is 337 g/mol. The van der Waals surface area contributed by atoms with E-state index in [1.807, 2.05) is 30.0 Å². The molecule has 0 unspecified atom stereocenters. The summed E-state index contributed by atoms with van der Waals surface area (Å²) in [6, 6.07) is 18.9. The van der Waals surface area contributed by atoms with Crippen molar-refractivity contribution in [3.8, 4) is 0 Å². The van der Waals surface area contributed by atoms with Crippen LogP contribution in [0.1, 0.15) is 41.6 Å². The number of benzene rings is 2. The summed E-state index contributed by atoms with van der Waals surface area (Å²) in [5, 5.41) is 3.26. The van der Waals surface area contributed by atoms with Crippen LogP contribution in [-0.2, 0) is 5.75 Å². The molecule has 0 spiro atoms. The van der Waals surface area contributed by atoms with Gasteiger partial charge in [0.15, 0.2) is 0 Å². The number of thioether (sulfide) groups is 1. The Hall–Kier alpha value is -1.74. The van der Waals surface area contributed by atoms with Gasteiger partial charge in [-0.3, -0.25) is 4.79 Å². The Morgan fingerprint density at radius 3 is 2.46 bits per heavy atom. The molecule has 0 radical (unpaired) electrons. The molecule has 2 nitrogen and oxygen atoms in total. The molecule has 24 heavy (non-hydrogen) atoms. The molecular weight excluding hydrogens is 314 g/mol. The summed E-state index contributed by atoms with van der Waals surface area (Å²) in [7, 11) is 0. The normalized spacial score (nSPS) is 24.9. The van der Waals surface area contributed by atoms with E-state index in [0.717, 1.165) is 23.2 Å². The first-order valence-corrected chi connectivity index (χ1v) is 9.84. The van der Waals surface area contributed by atoms with E-state index >= 15 is 0 Å². The number of hydrogen-bond donors (Lipinski definition) is 1. The van der Waals surface area contributed by atoms with Crippen LogP contribution in [0.25, 0.3) is 0 Å². The van der Waals surface area contributed by atoms with Crippen molar-refractivity contribution >= 4 is 17.7 Å². The molecule has 3 atom stereocenters. The molecule has 1 N–H and O–H groups in total. The molecule has 2 aliphatic carbocycles. The zero-order chi connectivity index (χ0) is 16.4. The number of hydrogen-bond acceptors (Lipinski definition) is 2. The van der Waals surface area contributed by atoms with E-state index in [9.17, 15) is 4.79 Å². The average molecular weight is 337 g/mol. The lowest BCUT2D eigenvalue weighted by Gasteiger charge is -2.22. The fourth-order valence-electron chi connectivity index (χ4n) is 4.11. The second-order valence-electron chi connectivity index (χ2n) is 7.05. The van der Waals surface area contributed by atoms with E-state index in [4.69, 9.17) is 0 Å². The molecule has 124 valence electrons. The van der Waals surface area contributed by atoms with Crippen molar-refractivity contribution < 1.29 is 4.79 Å². The first kappa shape index (κ1) is 15.8. The van der Waals surface area contributed by atoms with Crippen molar-refractivity contribution in [3.05, 3.63) is 65.7 Å². The van der Waals surface area contributed by atoms with Gasteiger partial charge < -0.3 is 5.32 Å². The van der Waals surface area contributed by atoms with Crippen molar-refractivity contribution in [3.63, 3.8) is 0 Å². The Morgan fingerprint density at radius 2 is 1.79 bits per heavy atom. The van der Waals surface area contributed by atoms with Crippen LogP contribution in [0, 0.1) is 11.8 Å². The third kappa shape index (κ3) is 3.51. The smallest absolute Gasteiger partial charge is 0.251 e. The van der Waals surface area contributed by atoms with Crippen LogP contribution in [0.5, 0.6) is 0 Å². The predicted molar refractivity (Wildman–Crippen MR) is 99.1 cm³/mol. The summed E-state index contributed by atoms with van der Waals surface area (Å²) in [6.45, 7) is 0. The van der Waals surface area contributed by atoms with Crippen LogP contribution < -0.4 is 5.32 Å². The maximum Gasteiger partial charge on any atom is 0.251 e. The Morgan fingerprint density at radius 1 is 1.00 bits per heavy atom. The Labute approximate surface area is 148 Å². The topological polar surface area (TPSA) is 29.1 Å². The van der Waals surface area contributed by atoms with Crippen LogP contribution in [0.2, 0.25) is 0 Å². The highest BCUT2D eigenvalue weighted by atomic mass is 32.2. The molecule has 1 amide bonds. The molecule has 2 bridgehead atoms. The van der Waals surface area contributed by atoms with Crippen LogP contribution in [0.4, 0.5) is 0 Å². The quantitative estimate of drug-likeness (QED) is 0.787. The highest BCUT2D eigenvalue weighted by Gasteiger charge is 2.40. The number of carbonyl (C=O) groups excluding carboxylic acids is 1. The third-order valence-electron chi connectivity index (χ3n) is 5.42. The summed E-state index contributed by atoms with van der Waals surface area (Å²) in [6.07, 6.45) is 5.17. The minimum Gasteiger partial charge on any atom is -0.349 e. The van der Waals surface area contributed by atoms with Crippen LogP contribution in [-0.4, -0.2) is 11.9 Å². The molecule has 2 aliphatic rings. The second kappa shape index (κ2) is 7.02. The standard InChI is InChI=1S/C21H23NOS/c23-21(22-20-13-16-8-11-18(20)12-16)17-9-6-15(7-10-17)14-24-19-4-2-1-3-5-19/h1-7,9-10,16,18,20H,8,11-14H2,(H,22,23)/t16-,18-,20-/m1/s1. The molecule has 0 aromatic heterocycles. The lowest BCUT2D eigenvalue weighted by atomic mass is 9.95. The number of carbonyl (C=O) groups is 1. The third-order valence-corrected chi connectivity index (χ3v) is 6.50. The average Bonchev–Trinajstić information content (AvgIpc) is 3.24. The highest BCUT2D eigenvalue weighted by molar-refractivity contribution is 7.98. The summed E-state index contributed by atoms with van der Waals surface area (Å²) < 4.78 is 0. The molecule has 2 saturated carbocycles. The van der Waals surface area contributed by atoms with Crippen molar-refractivity contribution in [1.29, 1.82) is 0 Å². The summed E-state index contributed by atoms with van der Waals surface area (Å²) in [5.41, 5.74) is 2.03. The number of nitrogens with one attached hydrogen (secondary N) is 1. The minimum absolute atomic E-state index is 0.0924. The highest BCUT2D eigenvalue weighted by Crippen LogP contribution is 2.44.